The second kappa shape index (κ2) is 8.39. The van der Waals surface area contributed by atoms with Gasteiger partial charge in [0.05, 0.1) is 0 Å². The van der Waals surface area contributed by atoms with Crippen LogP contribution in [-0.2, 0) is 0 Å². The topological polar surface area (TPSA) is 40.5 Å². The van der Waals surface area contributed by atoms with E-state index >= 15 is 0 Å². The maximum atomic E-state index is 12.3. The van der Waals surface area contributed by atoms with Crippen LogP contribution >= 0.6 is 0 Å². The van der Waals surface area contributed by atoms with Crippen LogP contribution in [0.4, 0.5) is 0 Å². The maximum Gasteiger partial charge on any atom is 0.253 e. The van der Waals surface area contributed by atoms with Crippen molar-refractivity contribution in [1.29, 1.82) is 0 Å². The first kappa shape index (κ1) is 16.3. The molecule has 1 aromatic carbocycles. The van der Waals surface area contributed by atoms with Gasteiger partial charge in [-0.2, -0.15) is 0 Å². The van der Waals surface area contributed by atoms with Crippen molar-refractivity contribution in [3.63, 3.8) is 0 Å². The van der Waals surface area contributed by atoms with Crippen LogP contribution < -0.4 is 0 Å². The molecule has 0 unspecified atom stereocenters. The minimum atomic E-state index is -0.172. The average molecular weight is 273 g/mol. The number of aryl methyl sites for hydroxylation is 1. The molecule has 0 bridgehead atoms. The van der Waals surface area contributed by atoms with E-state index in [0.717, 1.165) is 36.9 Å². The summed E-state index contributed by atoms with van der Waals surface area (Å²) in [5.41, 5.74) is 2.43. The van der Waals surface area contributed by atoms with Crippen LogP contribution in [-0.4, -0.2) is 36.1 Å². The smallest absolute Gasteiger partial charge is 0.253 e. The third-order valence-electron chi connectivity index (χ3n) is 3.08. The minimum absolute atomic E-state index is 0.0249. The van der Waals surface area contributed by atoms with E-state index in [1.54, 1.807) is 11.0 Å². The summed E-state index contributed by atoms with van der Waals surface area (Å²) in [5.74, 6) is 5.49. The lowest BCUT2D eigenvalue weighted by Crippen LogP contribution is -2.27. The number of amides is 1. The van der Waals surface area contributed by atoms with Gasteiger partial charge in [-0.1, -0.05) is 31.6 Å². The molecule has 1 N–H and O–H groups in total. The molecular formula is C17H23NO2. The molecular weight excluding hydrogens is 250 g/mol. The van der Waals surface area contributed by atoms with Crippen molar-refractivity contribution in [2.75, 3.05) is 20.2 Å². The molecule has 108 valence electrons. The molecule has 0 aliphatic heterocycles. The number of hydrogen-bond donors (Lipinski definition) is 1. The number of aliphatic hydroxyl groups excluding tert-OH is 1. The molecule has 0 heterocycles. The van der Waals surface area contributed by atoms with Crippen molar-refractivity contribution in [3.8, 4) is 11.8 Å². The van der Waals surface area contributed by atoms with E-state index in [-0.39, 0.29) is 12.5 Å². The van der Waals surface area contributed by atoms with E-state index in [2.05, 4.69) is 18.8 Å². The van der Waals surface area contributed by atoms with Gasteiger partial charge in [-0.3, -0.25) is 4.79 Å². The fraction of sp³-hybridized carbons (Fsp3) is 0.471. The van der Waals surface area contributed by atoms with Crippen molar-refractivity contribution in [3.05, 3.63) is 34.9 Å². The van der Waals surface area contributed by atoms with Gasteiger partial charge >= 0.3 is 0 Å². The SMILES string of the molecule is CCCCCN(C)C(=O)c1cc(C)cc(C#CCO)c1. The molecule has 1 amide bonds. The molecule has 0 saturated heterocycles. The van der Waals surface area contributed by atoms with Gasteiger partial charge in [0.1, 0.15) is 6.61 Å². The van der Waals surface area contributed by atoms with Crippen molar-refractivity contribution < 1.29 is 9.90 Å². The highest BCUT2D eigenvalue weighted by Gasteiger charge is 2.12. The summed E-state index contributed by atoms with van der Waals surface area (Å²) in [6.45, 7) is 4.69. The number of nitrogens with zero attached hydrogens (tertiary/aromatic N) is 1. The Morgan fingerprint density at radius 1 is 1.30 bits per heavy atom. The number of rotatable bonds is 5. The zero-order valence-corrected chi connectivity index (χ0v) is 12.6. The van der Waals surface area contributed by atoms with Crippen LogP contribution in [0.15, 0.2) is 18.2 Å². The zero-order chi connectivity index (χ0) is 15.0. The Hall–Kier alpha value is -1.79. The Kier molecular flexibility index (Phi) is 6.83. The van der Waals surface area contributed by atoms with Gasteiger partial charge in [-0.05, 0) is 37.1 Å². The van der Waals surface area contributed by atoms with Crippen molar-refractivity contribution in [2.45, 2.75) is 33.1 Å². The Morgan fingerprint density at radius 3 is 2.70 bits per heavy atom. The van der Waals surface area contributed by atoms with Crippen LogP contribution in [0.2, 0.25) is 0 Å². The molecule has 0 radical (unpaired) electrons. The Balaban J connectivity index is 2.84. The molecule has 1 rings (SSSR count). The quantitative estimate of drug-likeness (QED) is 0.662. The summed E-state index contributed by atoms with van der Waals surface area (Å²) in [4.78, 5) is 14.1. The summed E-state index contributed by atoms with van der Waals surface area (Å²) in [5, 5.41) is 8.74. The van der Waals surface area contributed by atoms with Gasteiger partial charge in [0.25, 0.3) is 5.91 Å². The molecule has 0 atom stereocenters. The fourth-order valence-electron chi connectivity index (χ4n) is 2.04. The van der Waals surface area contributed by atoms with Gasteiger partial charge in [0.2, 0.25) is 0 Å². The van der Waals surface area contributed by atoms with Crippen LogP contribution in [0.1, 0.15) is 47.7 Å². The van der Waals surface area contributed by atoms with Crippen molar-refractivity contribution in [1.82, 2.24) is 4.90 Å². The van der Waals surface area contributed by atoms with E-state index in [4.69, 9.17) is 5.11 Å². The van der Waals surface area contributed by atoms with Crippen LogP contribution in [0, 0.1) is 18.8 Å². The summed E-state index contributed by atoms with van der Waals surface area (Å²) >= 11 is 0. The minimum Gasteiger partial charge on any atom is -0.384 e. The molecule has 0 saturated carbocycles. The normalized spacial score (nSPS) is 9.80. The first-order valence-corrected chi connectivity index (χ1v) is 7.05. The predicted molar refractivity (Wildman–Crippen MR) is 81.6 cm³/mol. The Morgan fingerprint density at radius 2 is 2.05 bits per heavy atom. The number of benzene rings is 1. The second-order valence-electron chi connectivity index (χ2n) is 4.98. The van der Waals surface area contributed by atoms with Crippen LogP contribution in [0.3, 0.4) is 0 Å². The molecule has 3 heteroatoms. The van der Waals surface area contributed by atoms with Crippen molar-refractivity contribution >= 4 is 5.91 Å². The van der Waals surface area contributed by atoms with Crippen LogP contribution in [0.5, 0.6) is 0 Å². The molecule has 0 aliphatic carbocycles. The first-order chi connectivity index (χ1) is 9.58. The lowest BCUT2D eigenvalue weighted by atomic mass is 10.1. The first-order valence-electron chi connectivity index (χ1n) is 7.05. The fourth-order valence-corrected chi connectivity index (χ4v) is 2.04. The highest BCUT2D eigenvalue weighted by molar-refractivity contribution is 5.94. The molecule has 0 aromatic heterocycles. The third-order valence-corrected chi connectivity index (χ3v) is 3.08. The highest BCUT2D eigenvalue weighted by atomic mass is 16.2. The standard InChI is InChI=1S/C17H23NO2/c1-4-5-6-9-18(3)17(20)16-12-14(2)11-15(13-16)8-7-10-19/h11-13,19H,4-6,9-10H2,1-3H3. The monoisotopic (exact) mass is 273 g/mol. The molecule has 20 heavy (non-hydrogen) atoms. The van der Waals surface area contributed by atoms with Crippen LogP contribution in [0.25, 0.3) is 0 Å². The van der Waals surface area contributed by atoms with E-state index in [1.165, 1.54) is 0 Å². The Labute approximate surface area is 121 Å². The van der Waals surface area contributed by atoms with Gasteiger partial charge in [-0.15, -0.1) is 0 Å². The lowest BCUT2D eigenvalue weighted by molar-refractivity contribution is 0.0792. The van der Waals surface area contributed by atoms with E-state index in [9.17, 15) is 4.79 Å². The van der Waals surface area contributed by atoms with Gasteiger partial charge in [0.15, 0.2) is 0 Å². The number of unbranched alkanes of at least 4 members (excludes halogenated alkanes) is 2. The molecule has 0 fully saturated rings. The number of carbonyl (C=O) groups is 1. The predicted octanol–water partition coefficient (Wildman–Crippen LogP) is 2.60. The summed E-state index contributed by atoms with van der Waals surface area (Å²) in [7, 11) is 1.83. The lowest BCUT2D eigenvalue weighted by Gasteiger charge is -2.17. The highest BCUT2D eigenvalue weighted by Crippen LogP contribution is 2.12. The maximum absolute atomic E-state index is 12.3. The van der Waals surface area contributed by atoms with Crippen molar-refractivity contribution in [2.24, 2.45) is 0 Å². The number of hydrogen-bond acceptors (Lipinski definition) is 2. The van der Waals surface area contributed by atoms with E-state index in [0.29, 0.717) is 5.56 Å². The third kappa shape index (κ3) is 5.07. The summed E-state index contributed by atoms with van der Waals surface area (Å²) in [6.07, 6.45) is 3.31. The average Bonchev–Trinajstić information content (AvgIpc) is 2.43. The number of aliphatic hydroxyl groups is 1. The van der Waals surface area contributed by atoms with Gasteiger partial charge < -0.3 is 10.0 Å². The molecule has 1 aromatic rings. The Bertz CT molecular complexity index is 511. The molecule has 0 aliphatic rings. The summed E-state index contributed by atoms with van der Waals surface area (Å²) < 4.78 is 0. The van der Waals surface area contributed by atoms with E-state index < -0.39 is 0 Å². The van der Waals surface area contributed by atoms with Gasteiger partial charge in [0, 0.05) is 24.7 Å². The summed E-state index contributed by atoms with van der Waals surface area (Å²) in [6, 6.07) is 5.58. The zero-order valence-electron chi connectivity index (χ0n) is 12.6. The van der Waals surface area contributed by atoms with Gasteiger partial charge in [-0.25, -0.2) is 0 Å². The largest absolute Gasteiger partial charge is 0.384 e. The number of carbonyl (C=O) groups excluding carboxylic acids is 1. The second-order valence-corrected chi connectivity index (χ2v) is 4.98. The molecule has 0 spiro atoms. The molecule has 3 nitrogen and oxygen atoms in total. The van der Waals surface area contributed by atoms with E-state index in [1.807, 2.05) is 26.1 Å².